The van der Waals surface area contributed by atoms with Crippen molar-refractivity contribution in [2.24, 2.45) is 35.5 Å². The predicted molar refractivity (Wildman–Crippen MR) is 164 cm³/mol. The van der Waals surface area contributed by atoms with E-state index in [1.165, 1.54) is 12.5 Å². The largest absolute Gasteiger partial charge is 0.0622 e. The van der Waals surface area contributed by atoms with Gasteiger partial charge < -0.3 is 0 Å². The van der Waals surface area contributed by atoms with Crippen molar-refractivity contribution in [3.8, 4) is 17.2 Å². The maximum atomic E-state index is 9.93. The minimum Gasteiger partial charge on any atom is -0.0622 e. The summed E-state index contributed by atoms with van der Waals surface area (Å²) in [5.41, 5.74) is 3.06. The van der Waals surface area contributed by atoms with Crippen molar-refractivity contribution < 1.29 is 39.3 Å². The van der Waals surface area contributed by atoms with Crippen LogP contribution in [0.2, 0.25) is 0 Å². The van der Waals surface area contributed by atoms with Crippen LogP contribution in [0.4, 0.5) is 16.9 Å². The minimum absolute atomic E-state index is 0. The number of halogens is 6. The Bertz CT molecular complexity index is 1250. The Morgan fingerprint density at radius 2 is 0.909 bits per heavy atom. The zero-order valence-corrected chi connectivity index (χ0v) is 30.7. The molecule has 0 amide bonds. The van der Waals surface area contributed by atoms with Crippen LogP contribution in [0, 0.1) is 46.8 Å². The van der Waals surface area contributed by atoms with Crippen molar-refractivity contribution in [1.82, 2.24) is 0 Å². The van der Waals surface area contributed by atoms with Crippen LogP contribution in [0.15, 0.2) is 54.6 Å². The molecule has 8 aliphatic carbocycles. The average molecular weight is 928 g/mol. The maximum Gasteiger partial charge on any atom is -0.00412 e. The zero-order chi connectivity index (χ0) is 30.7. The van der Waals surface area contributed by atoms with E-state index in [0.717, 1.165) is 35.5 Å². The van der Waals surface area contributed by atoms with Gasteiger partial charge in [0.05, 0.1) is 6.07 Å². The Morgan fingerprint density at radius 3 is 1.25 bits per heavy atom. The van der Waals surface area contributed by atoms with Crippen LogP contribution in [-0.2, 0) is 22.4 Å². The van der Waals surface area contributed by atoms with Gasteiger partial charge in [-0.25, -0.2) is 0 Å². The van der Waals surface area contributed by atoms with Gasteiger partial charge in [0, 0.05) is 29.3 Å². The van der Waals surface area contributed by atoms with E-state index in [1.807, 2.05) is 5.30 Å². The maximum absolute atomic E-state index is 11.2. The first kappa shape index (κ1) is 34.8. The Balaban J connectivity index is 0.000000308. The monoisotopic (exact) mass is 927 g/mol. The fourth-order valence-corrected chi connectivity index (χ4v) is 16.6. The van der Waals surface area contributed by atoms with E-state index in [2.05, 4.69) is 54.6 Å². The smallest absolute Gasteiger partial charge is 0.00412 e. The third-order valence-electron chi connectivity index (χ3n) is 11.2. The Labute approximate surface area is 277 Å². The van der Waals surface area contributed by atoms with Crippen LogP contribution >= 0.6 is 7.92 Å². The fraction of sp³-hybridized carbons (Fsp3) is 0.618. The van der Waals surface area contributed by atoms with E-state index in [1.54, 1.807) is 88.7 Å². The fourth-order valence-electron chi connectivity index (χ4n) is 11.2. The van der Waals surface area contributed by atoms with Gasteiger partial charge >= 0.3 is 36.4 Å². The molecule has 10 rings (SSSR count). The summed E-state index contributed by atoms with van der Waals surface area (Å²) in [6.45, 7) is 1.43. The standard InChI is InChI=1S/C32H39P.C2H3N.Au.6FH.Sb/c1-2-6-28(7-3-1)29-8-4-5-9-30(29)33(31-16-22-10-23(17-31)12-24(11-22)18-31)32-19-25-13-26(20-32)15-27(14-25)21-32;1-2-3;;;;;;;;/h1-9,22-27H,10-21H2;1H3;;6*1H;/q;;;;;;;;;+5/p-6. The molecule has 1 radical (unpaired) electrons. The molecule has 0 atom stereocenters. The molecule has 0 heterocycles. The summed E-state index contributed by atoms with van der Waals surface area (Å²) in [5.74, 6) is 6.33. The molecule has 8 bridgehead atoms. The molecule has 2 aromatic carbocycles. The first-order chi connectivity index (χ1) is 20.0. The first-order valence-electron chi connectivity index (χ1n) is 15.9. The van der Waals surface area contributed by atoms with E-state index in [-0.39, 0.29) is 30.3 Å². The van der Waals surface area contributed by atoms with Crippen molar-refractivity contribution in [2.75, 3.05) is 0 Å². The van der Waals surface area contributed by atoms with Crippen molar-refractivity contribution in [2.45, 2.75) is 94.3 Å². The third-order valence-corrected chi connectivity index (χ3v) is 15.1. The van der Waals surface area contributed by atoms with Crippen molar-refractivity contribution >= 4 is 32.7 Å². The van der Waals surface area contributed by atoms with Gasteiger partial charge in [-0.1, -0.05) is 62.5 Å². The van der Waals surface area contributed by atoms with Gasteiger partial charge in [-0.05, 0) is 139 Å². The van der Waals surface area contributed by atoms with E-state index >= 15 is 0 Å². The Kier molecular flexibility index (Phi) is 9.40. The number of hydrogen-bond donors (Lipinski definition) is 0. The number of hydrogen-bond acceptors (Lipinski definition) is 1. The molecule has 0 N–H and O–H groups in total. The molecule has 0 aliphatic heterocycles. The summed E-state index contributed by atoms with van der Waals surface area (Å²) < 4.78 is 59.6. The van der Waals surface area contributed by atoms with Gasteiger partial charge in [-0.3, -0.25) is 0 Å². The van der Waals surface area contributed by atoms with Gasteiger partial charge in [-0.15, -0.1) is 0 Å². The summed E-state index contributed by atoms with van der Waals surface area (Å²) >= 11 is -11.2. The second-order valence-corrected chi connectivity index (χ2v) is 23.2. The molecule has 0 spiro atoms. The minimum atomic E-state index is -11.2. The van der Waals surface area contributed by atoms with Crippen LogP contribution in [0.5, 0.6) is 0 Å². The molecule has 2 aromatic rings. The number of rotatable bonds is 4. The molecule has 8 aliphatic rings. The summed E-state index contributed by atoms with van der Waals surface area (Å²) in [5, 5.41) is 10.4. The van der Waals surface area contributed by atoms with E-state index in [0.29, 0.717) is 10.3 Å². The van der Waals surface area contributed by atoms with Gasteiger partial charge in [0.15, 0.2) is 0 Å². The van der Waals surface area contributed by atoms with Gasteiger partial charge in [0.25, 0.3) is 0 Å². The summed E-state index contributed by atoms with van der Waals surface area (Å²) in [4.78, 5) is 0. The van der Waals surface area contributed by atoms with Gasteiger partial charge in [0.2, 0.25) is 0 Å². The van der Waals surface area contributed by atoms with Crippen LogP contribution < -0.4 is 5.30 Å². The average Bonchev–Trinajstić information content (AvgIpc) is 2.86. The molecule has 10 heteroatoms. The van der Waals surface area contributed by atoms with Crippen LogP contribution in [-0.4, -0.2) is 29.8 Å². The normalized spacial score (nSPS) is 38.0. The van der Waals surface area contributed by atoms with Crippen molar-refractivity contribution in [1.29, 1.82) is 5.26 Å². The molecule has 247 valence electrons. The summed E-state index contributed by atoms with van der Waals surface area (Å²) in [7, 11) is -0.148. The van der Waals surface area contributed by atoms with E-state index < -0.39 is 19.5 Å². The molecule has 8 saturated carbocycles. The van der Waals surface area contributed by atoms with Gasteiger partial charge in [-0.2, -0.15) is 5.26 Å². The van der Waals surface area contributed by atoms with E-state index in [9.17, 15) is 16.9 Å². The molecule has 0 unspecified atom stereocenters. The molecule has 0 aromatic heterocycles. The molecular weight excluding hydrogens is 886 g/mol. The summed E-state index contributed by atoms with van der Waals surface area (Å²) in [6, 6.07) is 23.0. The second kappa shape index (κ2) is 11.9. The number of nitrogens with zero attached hydrogens (tertiary/aromatic N) is 1. The van der Waals surface area contributed by atoms with Crippen LogP contribution in [0.25, 0.3) is 11.1 Å². The second-order valence-electron chi connectivity index (χ2n) is 14.7. The Morgan fingerprint density at radius 1 is 0.614 bits per heavy atom. The molecule has 44 heavy (non-hydrogen) atoms. The molecule has 1 nitrogen and oxygen atoms in total. The SMILES string of the molecule is CC#N.[Au].[F][Sb-]([F])([F])([F])([F])[F].c1ccc(-c2ccccc2P(C23CC4CC(CC(C4)C2)C3)C23CC4CC(CC(C4)C2)C3)cc1. The molecule has 8 fully saturated rings. The Hall–Kier alpha value is -0.502. The molecule has 0 saturated heterocycles. The topological polar surface area (TPSA) is 23.8 Å². The summed E-state index contributed by atoms with van der Waals surface area (Å²) in [6.07, 6.45) is 18.9. The first-order valence-corrected chi connectivity index (χ1v) is 23.0. The van der Waals surface area contributed by atoms with Crippen LogP contribution in [0.3, 0.4) is 0 Å². The van der Waals surface area contributed by atoms with Crippen molar-refractivity contribution in [3.05, 3.63) is 54.6 Å². The quantitative estimate of drug-likeness (QED) is 0.170. The third kappa shape index (κ3) is 7.95. The molecular formula is C34H42AuF6NPSb-. The van der Waals surface area contributed by atoms with E-state index in [4.69, 9.17) is 5.26 Å². The zero-order valence-electron chi connectivity index (χ0n) is 25.1. The predicted octanol–water partition coefficient (Wildman–Crippen LogP) is 11.1. The number of nitriles is 1. The van der Waals surface area contributed by atoms with Gasteiger partial charge in [0.1, 0.15) is 0 Å². The van der Waals surface area contributed by atoms with Crippen molar-refractivity contribution in [3.63, 3.8) is 0 Å². The van der Waals surface area contributed by atoms with Crippen LogP contribution in [0.1, 0.15) is 84.0 Å². The number of benzene rings is 2.